The summed E-state index contributed by atoms with van der Waals surface area (Å²) in [7, 11) is 0. The minimum atomic E-state index is -0.293. The van der Waals surface area contributed by atoms with Crippen LogP contribution in [0, 0.1) is 0 Å². The SMILES string of the molecule is CCOC(=O)c1snc(-c2ccccc2)c1Cc1ccccc1. The van der Waals surface area contributed by atoms with Crippen LogP contribution in [0.2, 0.25) is 0 Å². The van der Waals surface area contributed by atoms with E-state index in [0.29, 0.717) is 17.9 Å². The molecular weight excluding hydrogens is 306 g/mol. The third-order valence-corrected chi connectivity index (χ3v) is 4.39. The first kappa shape index (κ1) is 15.4. The zero-order chi connectivity index (χ0) is 16.1. The van der Waals surface area contributed by atoms with Crippen LogP contribution in [0.4, 0.5) is 0 Å². The summed E-state index contributed by atoms with van der Waals surface area (Å²) in [5.74, 6) is -0.293. The van der Waals surface area contributed by atoms with Crippen LogP contribution in [0.15, 0.2) is 60.7 Å². The standard InChI is InChI=1S/C19H17NO2S/c1-2-22-19(21)18-16(13-14-9-5-3-6-10-14)17(20-23-18)15-11-7-4-8-12-15/h3-12H,2,13H2,1H3. The molecule has 4 heteroatoms. The molecule has 0 amide bonds. The van der Waals surface area contributed by atoms with E-state index in [2.05, 4.69) is 16.5 Å². The van der Waals surface area contributed by atoms with Crippen LogP contribution in [0.25, 0.3) is 11.3 Å². The van der Waals surface area contributed by atoms with Crippen LogP contribution in [-0.4, -0.2) is 16.9 Å². The second-order valence-electron chi connectivity index (χ2n) is 5.09. The first-order chi connectivity index (χ1) is 11.3. The lowest BCUT2D eigenvalue weighted by Gasteiger charge is -2.06. The molecule has 0 saturated carbocycles. The Kier molecular flexibility index (Phi) is 4.83. The van der Waals surface area contributed by atoms with Gasteiger partial charge in [0.25, 0.3) is 0 Å². The molecule has 1 heterocycles. The zero-order valence-electron chi connectivity index (χ0n) is 12.9. The molecular formula is C19H17NO2S. The van der Waals surface area contributed by atoms with Crippen molar-refractivity contribution < 1.29 is 9.53 Å². The van der Waals surface area contributed by atoms with Gasteiger partial charge in [-0.2, -0.15) is 4.37 Å². The maximum absolute atomic E-state index is 12.2. The number of ether oxygens (including phenoxy) is 1. The molecule has 0 unspecified atom stereocenters. The van der Waals surface area contributed by atoms with Crippen molar-refractivity contribution in [2.24, 2.45) is 0 Å². The Labute approximate surface area is 139 Å². The van der Waals surface area contributed by atoms with E-state index in [9.17, 15) is 4.79 Å². The number of benzene rings is 2. The van der Waals surface area contributed by atoms with Crippen molar-refractivity contribution in [3.8, 4) is 11.3 Å². The molecule has 116 valence electrons. The Morgan fingerprint density at radius 2 is 1.70 bits per heavy atom. The highest BCUT2D eigenvalue weighted by Gasteiger charge is 2.21. The van der Waals surface area contributed by atoms with Crippen molar-refractivity contribution >= 4 is 17.5 Å². The minimum absolute atomic E-state index is 0.293. The monoisotopic (exact) mass is 323 g/mol. The summed E-state index contributed by atoms with van der Waals surface area (Å²) in [6.07, 6.45) is 0.662. The van der Waals surface area contributed by atoms with Gasteiger partial charge in [0.2, 0.25) is 0 Å². The predicted molar refractivity (Wildman–Crippen MR) is 92.8 cm³/mol. The summed E-state index contributed by atoms with van der Waals surface area (Å²) in [6, 6.07) is 20.1. The van der Waals surface area contributed by atoms with Gasteiger partial charge in [0.1, 0.15) is 4.88 Å². The average Bonchev–Trinajstić information content (AvgIpc) is 3.00. The van der Waals surface area contributed by atoms with E-state index in [1.165, 1.54) is 11.5 Å². The Hall–Kier alpha value is -2.46. The number of carbonyl (C=O) groups excluding carboxylic acids is 1. The number of carbonyl (C=O) groups is 1. The Balaban J connectivity index is 2.05. The second kappa shape index (κ2) is 7.20. The van der Waals surface area contributed by atoms with Gasteiger partial charge < -0.3 is 4.74 Å². The van der Waals surface area contributed by atoms with Crippen molar-refractivity contribution in [3.05, 3.63) is 76.7 Å². The average molecular weight is 323 g/mol. The van der Waals surface area contributed by atoms with E-state index in [-0.39, 0.29) is 5.97 Å². The van der Waals surface area contributed by atoms with E-state index in [0.717, 1.165) is 22.4 Å². The van der Waals surface area contributed by atoms with E-state index in [1.54, 1.807) is 0 Å². The largest absolute Gasteiger partial charge is 0.462 e. The molecule has 3 nitrogen and oxygen atoms in total. The molecule has 0 atom stereocenters. The lowest BCUT2D eigenvalue weighted by molar-refractivity contribution is 0.0531. The predicted octanol–water partition coefficient (Wildman–Crippen LogP) is 4.58. The molecule has 3 aromatic rings. The van der Waals surface area contributed by atoms with Crippen molar-refractivity contribution in [1.29, 1.82) is 0 Å². The number of nitrogens with zero attached hydrogens (tertiary/aromatic N) is 1. The van der Waals surface area contributed by atoms with Crippen LogP contribution >= 0.6 is 11.5 Å². The lowest BCUT2D eigenvalue weighted by atomic mass is 9.99. The number of esters is 1. The molecule has 0 aliphatic rings. The zero-order valence-corrected chi connectivity index (χ0v) is 13.7. The smallest absolute Gasteiger partial charge is 0.350 e. The van der Waals surface area contributed by atoms with Gasteiger partial charge in [-0.05, 0) is 24.0 Å². The van der Waals surface area contributed by atoms with Crippen LogP contribution in [-0.2, 0) is 11.2 Å². The number of rotatable bonds is 5. The van der Waals surface area contributed by atoms with Crippen molar-refractivity contribution in [2.45, 2.75) is 13.3 Å². The summed E-state index contributed by atoms with van der Waals surface area (Å²) in [5, 5.41) is 0. The van der Waals surface area contributed by atoms with Gasteiger partial charge in [0, 0.05) is 17.5 Å². The maximum atomic E-state index is 12.2. The molecule has 0 N–H and O–H groups in total. The third-order valence-electron chi connectivity index (χ3n) is 3.52. The van der Waals surface area contributed by atoms with Crippen molar-refractivity contribution in [3.63, 3.8) is 0 Å². The number of hydrogen-bond donors (Lipinski definition) is 0. The Bertz CT molecular complexity index is 782. The molecule has 0 bridgehead atoms. The van der Waals surface area contributed by atoms with Crippen LogP contribution in [0.3, 0.4) is 0 Å². The second-order valence-corrected chi connectivity index (χ2v) is 5.86. The van der Waals surface area contributed by atoms with Crippen LogP contribution < -0.4 is 0 Å². The summed E-state index contributed by atoms with van der Waals surface area (Å²) >= 11 is 1.21. The van der Waals surface area contributed by atoms with Crippen molar-refractivity contribution in [1.82, 2.24) is 4.37 Å². The first-order valence-electron chi connectivity index (χ1n) is 7.54. The molecule has 1 aromatic heterocycles. The molecule has 3 rings (SSSR count). The van der Waals surface area contributed by atoms with Gasteiger partial charge in [0.05, 0.1) is 12.3 Å². The van der Waals surface area contributed by atoms with Crippen molar-refractivity contribution in [2.75, 3.05) is 6.61 Å². The quantitative estimate of drug-likeness (QED) is 0.645. The molecule has 0 spiro atoms. The first-order valence-corrected chi connectivity index (χ1v) is 8.32. The molecule has 2 aromatic carbocycles. The van der Waals surface area contributed by atoms with Gasteiger partial charge in [-0.25, -0.2) is 4.79 Å². The van der Waals surface area contributed by atoms with Gasteiger partial charge in [-0.15, -0.1) is 0 Å². The molecule has 0 fully saturated rings. The van der Waals surface area contributed by atoms with Gasteiger partial charge in [-0.3, -0.25) is 0 Å². The highest BCUT2D eigenvalue weighted by Crippen LogP contribution is 2.31. The van der Waals surface area contributed by atoms with Crippen LogP contribution in [0.5, 0.6) is 0 Å². The molecule has 23 heavy (non-hydrogen) atoms. The topological polar surface area (TPSA) is 39.2 Å². The van der Waals surface area contributed by atoms with Gasteiger partial charge in [0.15, 0.2) is 0 Å². The highest BCUT2D eigenvalue weighted by molar-refractivity contribution is 7.08. The molecule has 0 radical (unpaired) electrons. The Morgan fingerprint density at radius 3 is 2.35 bits per heavy atom. The number of aromatic nitrogens is 1. The van der Waals surface area contributed by atoms with E-state index >= 15 is 0 Å². The van der Waals surface area contributed by atoms with E-state index in [4.69, 9.17) is 4.74 Å². The van der Waals surface area contributed by atoms with Gasteiger partial charge in [-0.1, -0.05) is 60.7 Å². The lowest BCUT2D eigenvalue weighted by Crippen LogP contribution is -2.06. The minimum Gasteiger partial charge on any atom is -0.462 e. The summed E-state index contributed by atoms with van der Waals surface area (Å²) in [4.78, 5) is 12.8. The fourth-order valence-corrected chi connectivity index (χ4v) is 3.26. The normalized spacial score (nSPS) is 10.5. The third kappa shape index (κ3) is 3.48. The fraction of sp³-hybridized carbons (Fsp3) is 0.158. The summed E-state index contributed by atoms with van der Waals surface area (Å²) in [5.41, 5.74) is 3.97. The molecule has 0 saturated heterocycles. The molecule has 0 aliphatic carbocycles. The van der Waals surface area contributed by atoms with Crippen LogP contribution in [0.1, 0.15) is 27.7 Å². The molecule has 0 aliphatic heterocycles. The summed E-state index contributed by atoms with van der Waals surface area (Å²) in [6.45, 7) is 2.18. The summed E-state index contributed by atoms with van der Waals surface area (Å²) < 4.78 is 9.71. The van der Waals surface area contributed by atoms with E-state index < -0.39 is 0 Å². The fourth-order valence-electron chi connectivity index (χ4n) is 2.45. The maximum Gasteiger partial charge on any atom is 0.350 e. The highest BCUT2D eigenvalue weighted by atomic mass is 32.1. The Morgan fingerprint density at radius 1 is 1.04 bits per heavy atom. The number of hydrogen-bond acceptors (Lipinski definition) is 4. The van der Waals surface area contributed by atoms with Gasteiger partial charge >= 0.3 is 5.97 Å². The van der Waals surface area contributed by atoms with E-state index in [1.807, 2.05) is 55.5 Å².